The third kappa shape index (κ3) is 4.08. The number of halogens is 1. The molecule has 3 rings (SSSR count). The van der Waals surface area contributed by atoms with Crippen molar-refractivity contribution >= 4 is 17.6 Å². The lowest BCUT2D eigenvalue weighted by Crippen LogP contribution is -2.60. The Morgan fingerprint density at radius 1 is 1.41 bits per heavy atom. The zero-order chi connectivity index (χ0) is 19.6. The molecule has 0 aliphatic carbocycles. The molecular formula is C20H29FN4O2. The molecule has 1 aromatic rings. The number of carbonyl (C=O) groups excluding carboxylic acids is 2. The predicted octanol–water partition coefficient (Wildman–Crippen LogP) is 3.02. The first-order valence-corrected chi connectivity index (χ1v) is 9.75. The maximum Gasteiger partial charge on any atom is 0.321 e. The second kappa shape index (κ2) is 7.84. The molecule has 2 aliphatic heterocycles. The Bertz CT molecular complexity index is 703. The summed E-state index contributed by atoms with van der Waals surface area (Å²) in [6.45, 7) is 8.03. The highest BCUT2D eigenvalue weighted by Crippen LogP contribution is 2.33. The predicted molar refractivity (Wildman–Crippen MR) is 103 cm³/mol. The number of nitrogens with zero attached hydrogens (tertiary/aromatic N) is 2. The largest absolute Gasteiger partial charge is 0.324 e. The molecule has 2 heterocycles. The molecular weight excluding hydrogens is 347 g/mol. The van der Waals surface area contributed by atoms with Gasteiger partial charge in [0.05, 0.1) is 11.7 Å². The highest BCUT2D eigenvalue weighted by Gasteiger charge is 2.50. The van der Waals surface area contributed by atoms with Crippen molar-refractivity contribution in [2.45, 2.75) is 51.7 Å². The molecule has 2 N–H and O–H groups in total. The van der Waals surface area contributed by atoms with Gasteiger partial charge in [-0.3, -0.25) is 10.1 Å². The summed E-state index contributed by atoms with van der Waals surface area (Å²) in [5.74, 6) is 0.203. The molecule has 3 amide bonds. The topological polar surface area (TPSA) is 64.7 Å². The smallest absolute Gasteiger partial charge is 0.321 e. The van der Waals surface area contributed by atoms with Crippen LogP contribution in [0, 0.1) is 11.7 Å². The fraction of sp³-hybridized carbons (Fsp3) is 0.600. The first kappa shape index (κ1) is 19.6. The first-order valence-electron chi connectivity index (χ1n) is 9.75. The Hall–Kier alpha value is -2.15. The minimum absolute atomic E-state index is 0.146. The zero-order valence-corrected chi connectivity index (χ0v) is 16.3. The van der Waals surface area contributed by atoms with E-state index in [0.29, 0.717) is 37.5 Å². The van der Waals surface area contributed by atoms with Crippen LogP contribution in [0.1, 0.15) is 40.0 Å². The lowest BCUT2D eigenvalue weighted by molar-refractivity contribution is -0.133. The molecule has 2 unspecified atom stereocenters. The van der Waals surface area contributed by atoms with Crippen LogP contribution in [0.25, 0.3) is 0 Å². The number of hydrogen-bond acceptors (Lipinski definition) is 3. The van der Waals surface area contributed by atoms with Crippen molar-refractivity contribution in [3.8, 4) is 0 Å². The number of piperidine rings is 1. The van der Waals surface area contributed by atoms with Crippen molar-refractivity contribution in [3.63, 3.8) is 0 Å². The third-order valence-electron chi connectivity index (χ3n) is 5.78. The van der Waals surface area contributed by atoms with E-state index in [1.165, 1.54) is 12.1 Å². The lowest BCUT2D eigenvalue weighted by Gasteiger charge is -2.45. The molecule has 7 heteroatoms. The summed E-state index contributed by atoms with van der Waals surface area (Å²) in [6, 6.07) is 5.45. The van der Waals surface area contributed by atoms with Gasteiger partial charge in [0, 0.05) is 38.2 Å². The highest BCUT2D eigenvalue weighted by molar-refractivity contribution is 5.89. The van der Waals surface area contributed by atoms with Gasteiger partial charge in [0.1, 0.15) is 5.82 Å². The van der Waals surface area contributed by atoms with E-state index in [-0.39, 0.29) is 29.5 Å². The van der Waals surface area contributed by atoms with Crippen molar-refractivity contribution in [2.75, 3.05) is 25.0 Å². The molecule has 2 aliphatic rings. The summed E-state index contributed by atoms with van der Waals surface area (Å²) >= 11 is 0. The van der Waals surface area contributed by atoms with Crippen molar-refractivity contribution in [1.82, 2.24) is 15.1 Å². The molecule has 2 saturated heterocycles. The maximum atomic E-state index is 13.3. The van der Waals surface area contributed by atoms with Crippen LogP contribution in [-0.4, -0.2) is 53.1 Å². The molecule has 0 aromatic heterocycles. The molecule has 0 saturated carbocycles. The van der Waals surface area contributed by atoms with Gasteiger partial charge in [0.25, 0.3) is 0 Å². The van der Waals surface area contributed by atoms with E-state index in [1.54, 1.807) is 17.0 Å². The Balaban J connectivity index is 1.64. The van der Waals surface area contributed by atoms with E-state index in [2.05, 4.69) is 24.5 Å². The Kier molecular flexibility index (Phi) is 5.69. The molecule has 6 nitrogen and oxygen atoms in total. The summed E-state index contributed by atoms with van der Waals surface area (Å²) in [4.78, 5) is 28.9. The van der Waals surface area contributed by atoms with Gasteiger partial charge < -0.3 is 15.1 Å². The summed E-state index contributed by atoms with van der Waals surface area (Å²) in [6.07, 6.45) is 2.41. The average Bonchev–Trinajstić information content (AvgIpc) is 2.86. The normalized spacial score (nSPS) is 23.0. The number of amides is 3. The second-order valence-corrected chi connectivity index (χ2v) is 7.79. The number of likely N-dealkylation sites (tertiary alicyclic amines) is 1. The summed E-state index contributed by atoms with van der Waals surface area (Å²) in [5, 5.41) is 6.23. The van der Waals surface area contributed by atoms with Gasteiger partial charge in [-0.15, -0.1) is 0 Å². The fourth-order valence-corrected chi connectivity index (χ4v) is 3.96. The zero-order valence-electron chi connectivity index (χ0n) is 16.3. The van der Waals surface area contributed by atoms with E-state index in [1.807, 2.05) is 11.8 Å². The van der Waals surface area contributed by atoms with Crippen LogP contribution in [0.4, 0.5) is 14.9 Å². The number of anilines is 1. The van der Waals surface area contributed by atoms with Crippen LogP contribution in [0.3, 0.4) is 0 Å². The maximum absolute atomic E-state index is 13.3. The van der Waals surface area contributed by atoms with Crippen molar-refractivity contribution in [2.24, 2.45) is 5.92 Å². The van der Waals surface area contributed by atoms with Gasteiger partial charge in [-0.1, -0.05) is 26.3 Å². The number of urea groups is 1. The first-order chi connectivity index (χ1) is 12.8. The van der Waals surface area contributed by atoms with Gasteiger partial charge in [-0.05, 0) is 31.0 Å². The molecule has 0 bridgehead atoms. The Morgan fingerprint density at radius 3 is 2.74 bits per heavy atom. The van der Waals surface area contributed by atoms with Gasteiger partial charge in [-0.25, -0.2) is 9.18 Å². The molecule has 2 fully saturated rings. The third-order valence-corrected chi connectivity index (χ3v) is 5.78. The second-order valence-electron chi connectivity index (χ2n) is 7.79. The van der Waals surface area contributed by atoms with E-state index in [4.69, 9.17) is 0 Å². The Labute approximate surface area is 160 Å². The Morgan fingerprint density at radius 2 is 2.11 bits per heavy atom. The molecule has 2 atom stereocenters. The van der Waals surface area contributed by atoms with Crippen LogP contribution >= 0.6 is 0 Å². The van der Waals surface area contributed by atoms with Crippen molar-refractivity contribution in [1.29, 1.82) is 0 Å². The van der Waals surface area contributed by atoms with E-state index in [0.717, 1.165) is 13.0 Å². The SMILES string of the molecule is CCC(C)CN1C(=O)C(C)NC12CCN(C(=O)Nc1cccc(F)c1)CC2. The number of rotatable bonds is 4. The fourth-order valence-electron chi connectivity index (χ4n) is 3.96. The lowest BCUT2D eigenvalue weighted by atomic mass is 9.94. The van der Waals surface area contributed by atoms with Crippen LogP contribution in [0.2, 0.25) is 0 Å². The summed E-state index contributed by atoms with van der Waals surface area (Å²) in [5.41, 5.74) is 0.0803. The molecule has 1 spiro atoms. The van der Waals surface area contributed by atoms with Gasteiger partial charge in [-0.2, -0.15) is 0 Å². The number of carbonyl (C=O) groups is 2. The molecule has 1 aromatic carbocycles. The van der Waals surface area contributed by atoms with Crippen LogP contribution in [0.5, 0.6) is 0 Å². The standard InChI is InChI=1S/C20H29FN4O2/c1-4-14(2)13-25-18(26)15(3)23-20(25)8-10-24(11-9-20)19(27)22-17-7-5-6-16(21)12-17/h5-7,12,14-15,23H,4,8-11,13H2,1-3H3,(H,22,27). The minimum atomic E-state index is -0.381. The van der Waals surface area contributed by atoms with Crippen LogP contribution in [0.15, 0.2) is 24.3 Å². The van der Waals surface area contributed by atoms with Crippen molar-refractivity contribution in [3.05, 3.63) is 30.1 Å². The van der Waals surface area contributed by atoms with Crippen LogP contribution < -0.4 is 10.6 Å². The highest BCUT2D eigenvalue weighted by atomic mass is 19.1. The number of benzene rings is 1. The van der Waals surface area contributed by atoms with Gasteiger partial charge in [0.15, 0.2) is 0 Å². The number of nitrogens with one attached hydrogen (secondary N) is 2. The minimum Gasteiger partial charge on any atom is -0.324 e. The molecule has 0 radical (unpaired) electrons. The monoisotopic (exact) mass is 376 g/mol. The van der Waals surface area contributed by atoms with Crippen LogP contribution in [-0.2, 0) is 4.79 Å². The quantitative estimate of drug-likeness (QED) is 0.849. The molecule has 27 heavy (non-hydrogen) atoms. The average molecular weight is 376 g/mol. The summed E-state index contributed by atoms with van der Waals surface area (Å²) in [7, 11) is 0. The van der Waals surface area contributed by atoms with E-state index >= 15 is 0 Å². The van der Waals surface area contributed by atoms with Gasteiger partial charge in [0.2, 0.25) is 5.91 Å². The van der Waals surface area contributed by atoms with Crippen molar-refractivity contribution < 1.29 is 14.0 Å². The van der Waals surface area contributed by atoms with Gasteiger partial charge >= 0.3 is 6.03 Å². The van der Waals surface area contributed by atoms with E-state index in [9.17, 15) is 14.0 Å². The number of hydrogen-bond donors (Lipinski definition) is 2. The van der Waals surface area contributed by atoms with E-state index < -0.39 is 0 Å². The summed E-state index contributed by atoms with van der Waals surface area (Å²) < 4.78 is 13.3. The molecule has 148 valence electrons.